The van der Waals surface area contributed by atoms with Crippen LogP contribution >= 0.6 is 11.3 Å². The second-order valence-electron chi connectivity index (χ2n) is 8.95. The lowest BCUT2D eigenvalue weighted by atomic mass is 10.1. The van der Waals surface area contributed by atoms with Crippen molar-refractivity contribution in [3.8, 4) is 0 Å². The highest BCUT2D eigenvalue weighted by atomic mass is 32.1. The Kier molecular flexibility index (Phi) is 6.92. The van der Waals surface area contributed by atoms with Gasteiger partial charge in [-0.3, -0.25) is 0 Å². The van der Waals surface area contributed by atoms with E-state index >= 15 is 0 Å². The molecule has 0 aliphatic carbocycles. The van der Waals surface area contributed by atoms with E-state index < -0.39 is 0 Å². The topological polar surface area (TPSA) is 16.1 Å². The maximum absolute atomic E-state index is 4.68. The normalized spacial score (nSPS) is 11.5. The Morgan fingerprint density at radius 2 is 0.895 bits per heavy atom. The summed E-state index contributed by atoms with van der Waals surface area (Å²) in [6.45, 7) is 0. The maximum atomic E-state index is 4.68. The van der Waals surface area contributed by atoms with Crippen LogP contribution in [0.15, 0.2) is 133 Å². The van der Waals surface area contributed by atoms with Crippen LogP contribution in [0.3, 0.4) is 0 Å². The summed E-state index contributed by atoms with van der Waals surface area (Å²) in [5.74, 6) is 0. The Bertz CT molecular complexity index is 1610. The summed E-state index contributed by atoms with van der Waals surface area (Å²) in [6, 6.07) is 46.5. The fourth-order valence-electron chi connectivity index (χ4n) is 4.38. The summed E-state index contributed by atoms with van der Waals surface area (Å²) in [6.07, 6.45) is 8.52. The van der Waals surface area contributed by atoms with E-state index in [0.717, 1.165) is 38.7 Å². The number of benzene rings is 5. The van der Waals surface area contributed by atoms with Crippen LogP contribution in [-0.4, -0.2) is 4.98 Å². The lowest BCUT2D eigenvalue weighted by molar-refractivity contribution is 1.28. The van der Waals surface area contributed by atoms with Crippen molar-refractivity contribution >= 4 is 62.9 Å². The van der Waals surface area contributed by atoms with Crippen molar-refractivity contribution in [2.75, 3.05) is 4.90 Å². The molecule has 0 bridgehead atoms. The average Bonchev–Trinajstić information content (AvgIpc) is 3.41. The molecule has 182 valence electrons. The molecule has 0 spiro atoms. The van der Waals surface area contributed by atoms with Gasteiger partial charge in [-0.2, -0.15) is 0 Å². The number of hydrogen-bond donors (Lipinski definition) is 0. The van der Waals surface area contributed by atoms with Gasteiger partial charge in [-0.1, -0.05) is 103 Å². The van der Waals surface area contributed by atoms with Crippen molar-refractivity contribution in [3.63, 3.8) is 0 Å². The van der Waals surface area contributed by atoms with Crippen molar-refractivity contribution in [1.29, 1.82) is 0 Å². The van der Waals surface area contributed by atoms with Crippen LogP contribution in [0, 0.1) is 0 Å². The first-order valence-corrected chi connectivity index (χ1v) is 13.5. The fraction of sp³-hybridized carbons (Fsp3) is 0. The summed E-state index contributed by atoms with van der Waals surface area (Å²) in [4.78, 5) is 6.95. The van der Waals surface area contributed by atoms with Gasteiger partial charge in [0.1, 0.15) is 5.01 Å². The minimum absolute atomic E-state index is 1.02. The zero-order chi connectivity index (χ0) is 25.6. The SMILES string of the molecule is C(=C\c1ccc(N(c2ccccc2)c2ccccc2)cc1)/c1ccc(/C=C/c2nc3ccccc3s2)cc1. The molecule has 0 atom stereocenters. The summed E-state index contributed by atoms with van der Waals surface area (Å²) in [7, 11) is 0. The molecule has 0 unspecified atom stereocenters. The molecule has 0 aliphatic rings. The Labute approximate surface area is 227 Å². The van der Waals surface area contributed by atoms with E-state index in [1.807, 2.05) is 18.2 Å². The summed E-state index contributed by atoms with van der Waals surface area (Å²) >= 11 is 1.71. The summed E-state index contributed by atoms with van der Waals surface area (Å²) < 4.78 is 1.22. The predicted molar refractivity (Wildman–Crippen MR) is 165 cm³/mol. The molecule has 0 saturated carbocycles. The molecule has 38 heavy (non-hydrogen) atoms. The van der Waals surface area contributed by atoms with Crippen LogP contribution in [0.5, 0.6) is 0 Å². The highest BCUT2D eigenvalue weighted by Crippen LogP contribution is 2.34. The van der Waals surface area contributed by atoms with Crippen molar-refractivity contribution in [3.05, 3.63) is 155 Å². The van der Waals surface area contributed by atoms with E-state index in [-0.39, 0.29) is 0 Å². The van der Waals surface area contributed by atoms with Crippen LogP contribution in [0.25, 0.3) is 34.5 Å². The van der Waals surface area contributed by atoms with Crippen molar-refractivity contribution < 1.29 is 0 Å². The highest BCUT2D eigenvalue weighted by molar-refractivity contribution is 7.19. The first-order valence-electron chi connectivity index (χ1n) is 12.6. The fourth-order valence-corrected chi connectivity index (χ4v) is 5.25. The number of fused-ring (bicyclic) bond motifs is 1. The molecule has 1 heterocycles. The third kappa shape index (κ3) is 5.49. The van der Waals surface area contributed by atoms with Gasteiger partial charge in [-0.25, -0.2) is 4.98 Å². The Balaban J connectivity index is 1.15. The Morgan fingerprint density at radius 3 is 1.45 bits per heavy atom. The van der Waals surface area contributed by atoms with Gasteiger partial charge in [0.25, 0.3) is 0 Å². The monoisotopic (exact) mass is 506 g/mol. The van der Waals surface area contributed by atoms with E-state index in [4.69, 9.17) is 0 Å². The standard InChI is InChI=1S/C35H26N2S/c1-3-9-30(10-4-1)37(31-11-5-2-6-12-31)32-24-21-29(22-25-32)20-17-27-15-18-28(19-16-27)23-26-35-36-33-13-7-8-14-34(33)38-35/h1-26H/b20-17+,26-23+. The molecule has 0 radical (unpaired) electrons. The molecule has 0 amide bonds. The summed E-state index contributed by atoms with van der Waals surface area (Å²) in [5, 5.41) is 1.02. The third-order valence-corrected chi connectivity index (χ3v) is 7.32. The second kappa shape index (κ2) is 11.1. The van der Waals surface area contributed by atoms with E-state index in [1.165, 1.54) is 10.3 Å². The third-order valence-electron chi connectivity index (χ3n) is 6.31. The van der Waals surface area contributed by atoms with Gasteiger partial charge in [0.2, 0.25) is 0 Å². The molecule has 0 saturated heterocycles. The Hall–Kier alpha value is -4.73. The van der Waals surface area contributed by atoms with Gasteiger partial charge in [0, 0.05) is 17.1 Å². The van der Waals surface area contributed by atoms with Gasteiger partial charge in [-0.15, -0.1) is 11.3 Å². The first-order chi connectivity index (χ1) is 18.8. The molecule has 6 aromatic rings. The van der Waals surface area contributed by atoms with Gasteiger partial charge in [-0.05, 0) is 71.3 Å². The van der Waals surface area contributed by atoms with Crippen LogP contribution < -0.4 is 4.90 Å². The molecule has 0 fully saturated rings. The first kappa shape index (κ1) is 23.7. The minimum atomic E-state index is 1.02. The Morgan fingerprint density at radius 1 is 0.447 bits per heavy atom. The van der Waals surface area contributed by atoms with Crippen LogP contribution in [0.2, 0.25) is 0 Å². The van der Waals surface area contributed by atoms with Crippen molar-refractivity contribution in [2.24, 2.45) is 0 Å². The van der Waals surface area contributed by atoms with Crippen LogP contribution in [0.4, 0.5) is 17.1 Å². The van der Waals surface area contributed by atoms with Crippen molar-refractivity contribution in [1.82, 2.24) is 4.98 Å². The number of aromatic nitrogens is 1. The molecule has 3 heteroatoms. The predicted octanol–water partition coefficient (Wildman–Crippen LogP) is 10.1. The lowest BCUT2D eigenvalue weighted by Crippen LogP contribution is -2.09. The molecule has 1 aromatic heterocycles. The number of rotatable bonds is 7. The molecule has 6 rings (SSSR count). The number of hydrogen-bond acceptors (Lipinski definition) is 3. The lowest BCUT2D eigenvalue weighted by Gasteiger charge is -2.25. The number of thiazole rings is 1. The number of nitrogens with zero attached hydrogens (tertiary/aromatic N) is 2. The molecule has 5 aromatic carbocycles. The summed E-state index contributed by atoms with van der Waals surface area (Å²) in [5.41, 5.74) is 7.95. The minimum Gasteiger partial charge on any atom is -0.311 e. The molecule has 2 nitrogen and oxygen atoms in total. The molecular weight excluding hydrogens is 480 g/mol. The zero-order valence-corrected chi connectivity index (χ0v) is 21.6. The second-order valence-corrected chi connectivity index (χ2v) is 10.0. The van der Waals surface area contributed by atoms with Gasteiger partial charge >= 0.3 is 0 Å². The van der Waals surface area contributed by atoms with E-state index in [9.17, 15) is 0 Å². The van der Waals surface area contributed by atoms with Gasteiger partial charge < -0.3 is 4.90 Å². The smallest absolute Gasteiger partial charge is 0.117 e. The zero-order valence-electron chi connectivity index (χ0n) is 20.8. The quantitative estimate of drug-likeness (QED) is 0.200. The van der Waals surface area contributed by atoms with Crippen LogP contribution in [0.1, 0.15) is 21.7 Å². The molecule has 0 N–H and O–H groups in total. The van der Waals surface area contributed by atoms with Gasteiger partial charge in [0.05, 0.1) is 10.2 Å². The van der Waals surface area contributed by atoms with Crippen molar-refractivity contribution in [2.45, 2.75) is 0 Å². The van der Waals surface area contributed by atoms with E-state index in [0.29, 0.717) is 0 Å². The molecule has 0 aliphatic heterocycles. The van der Waals surface area contributed by atoms with Crippen LogP contribution in [-0.2, 0) is 0 Å². The highest BCUT2D eigenvalue weighted by Gasteiger charge is 2.11. The average molecular weight is 507 g/mol. The van der Waals surface area contributed by atoms with Gasteiger partial charge in [0.15, 0.2) is 0 Å². The van der Waals surface area contributed by atoms with E-state index in [2.05, 4.69) is 149 Å². The number of anilines is 3. The van der Waals surface area contributed by atoms with E-state index in [1.54, 1.807) is 11.3 Å². The number of para-hydroxylation sites is 3. The molecular formula is C35H26N2S. The maximum Gasteiger partial charge on any atom is 0.117 e. The largest absolute Gasteiger partial charge is 0.311 e.